The van der Waals surface area contributed by atoms with Gasteiger partial charge in [-0.05, 0) is 42.8 Å². The fraction of sp³-hybridized carbons (Fsp3) is 0.125. The predicted octanol–water partition coefficient (Wildman–Crippen LogP) is 3.31. The molecule has 0 aliphatic carbocycles. The summed E-state index contributed by atoms with van der Waals surface area (Å²) >= 11 is 4.76. The molecule has 0 fully saturated rings. The van der Waals surface area contributed by atoms with E-state index in [1.165, 1.54) is 11.8 Å². The zero-order chi connectivity index (χ0) is 15.9. The number of hydrogen-bond donors (Lipinski definition) is 2. The van der Waals surface area contributed by atoms with Crippen molar-refractivity contribution >= 4 is 39.5 Å². The lowest BCUT2D eigenvalue weighted by molar-refractivity contribution is -0.119. The topological polar surface area (TPSA) is 58.2 Å². The van der Waals surface area contributed by atoms with E-state index in [4.69, 9.17) is 0 Å². The van der Waals surface area contributed by atoms with E-state index in [-0.39, 0.29) is 17.6 Å². The van der Waals surface area contributed by atoms with Gasteiger partial charge in [0.1, 0.15) is 0 Å². The van der Waals surface area contributed by atoms with Gasteiger partial charge in [0.25, 0.3) is 5.91 Å². The third-order valence-electron chi connectivity index (χ3n) is 2.89. The summed E-state index contributed by atoms with van der Waals surface area (Å²) in [7, 11) is 0. The second-order valence-corrected chi connectivity index (χ2v) is 6.52. The lowest BCUT2D eigenvalue weighted by Gasteiger charge is -2.09. The van der Waals surface area contributed by atoms with Crippen LogP contribution in [0.25, 0.3) is 0 Å². The Bertz CT molecular complexity index is 674. The lowest BCUT2D eigenvalue weighted by atomic mass is 10.1. The maximum atomic E-state index is 11.9. The molecule has 0 radical (unpaired) electrons. The number of rotatable bonds is 4. The van der Waals surface area contributed by atoms with Gasteiger partial charge in [0, 0.05) is 14.9 Å². The Balaban J connectivity index is 1.79. The van der Waals surface area contributed by atoms with Gasteiger partial charge in [-0.3, -0.25) is 20.4 Å². The van der Waals surface area contributed by atoms with Crippen LogP contribution in [0.2, 0.25) is 0 Å². The Hall–Kier alpha value is -1.79. The fourth-order valence-corrected chi connectivity index (χ4v) is 2.70. The van der Waals surface area contributed by atoms with Gasteiger partial charge >= 0.3 is 0 Å². The summed E-state index contributed by atoms with van der Waals surface area (Å²) in [5.74, 6) is -0.342. The molecule has 0 aliphatic rings. The predicted molar refractivity (Wildman–Crippen MR) is 91.7 cm³/mol. The molecule has 114 valence electrons. The van der Waals surface area contributed by atoms with Gasteiger partial charge < -0.3 is 0 Å². The second kappa shape index (κ2) is 8.00. The van der Waals surface area contributed by atoms with Crippen molar-refractivity contribution in [1.82, 2.24) is 10.9 Å². The summed E-state index contributed by atoms with van der Waals surface area (Å²) in [6, 6.07) is 14.9. The third-order valence-corrected chi connectivity index (χ3v) is 4.43. The molecule has 0 saturated carbocycles. The average Bonchev–Trinajstić information content (AvgIpc) is 2.52. The van der Waals surface area contributed by atoms with E-state index in [0.717, 1.165) is 14.9 Å². The standard InChI is InChI=1S/C16H15BrN2O2S/c1-11-4-2-3-5-14(11)16(21)19-18-15(20)10-22-13-8-6-12(17)7-9-13/h2-9H,10H2,1H3,(H,18,20)(H,19,21). The highest BCUT2D eigenvalue weighted by Gasteiger charge is 2.09. The van der Waals surface area contributed by atoms with Crippen LogP contribution in [-0.2, 0) is 4.79 Å². The number of aryl methyl sites for hydroxylation is 1. The quantitative estimate of drug-likeness (QED) is 0.633. The van der Waals surface area contributed by atoms with Crippen molar-refractivity contribution in [2.45, 2.75) is 11.8 Å². The molecule has 2 N–H and O–H groups in total. The van der Waals surface area contributed by atoms with Crippen molar-refractivity contribution < 1.29 is 9.59 Å². The Labute approximate surface area is 141 Å². The molecule has 22 heavy (non-hydrogen) atoms. The van der Waals surface area contributed by atoms with E-state index in [1.807, 2.05) is 43.3 Å². The van der Waals surface area contributed by atoms with Gasteiger partial charge in [0.15, 0.2) is 0 Å². The third kappa shape index (κ3) is 4.89. The van der Waals surface area contributed by atoms with E-state index >= 15 is 0 Å². The van der Waals surface area contributed by atoms with Crippen LogP contribution in [0.1, 0.15) is 15.9 Å². The van der Waals surface area contributed by atoms with Crippen molar-refractivity contribution in [2.75, 3.05) is 5.75 Å². The van der Waals surface area contributed by atoms with Crippen LogP contribution in [0.4, 0.5) is 0 Å². The SMILES string of the molecule is Cc1ccccc1C(=O)NNC(=O)CSc1ccc(Br)cc1. The number of hydrazine groups is 1. The summed E-state index contributed by atoms with van der Waals surface area (Å²) in [6.07, 6.45) is 0. The fourth-order valence-electron chi connectivity index (χ4n) is 1.74. The molecule has 0 heterocycles. The van der Waals surface area contributed by atoms with Gasteiger partial charge in [-0.2, -0.15) is 0 Å². The first kappa shape index (κ1) is 16.6. The molecular formula is C16H15BrN2O2S. The molecule has 0 saturated heterocycles. The van der Waals surface area contributed by atoms with Gasteiger partial charge in [-0.25, -0.2) is 0 Å². The largest absolute Gasteiger partial charge is 0.272 e. The van der Waals surface area contributed by atoms with Crippen molar-refractivity contribution in [3.8, 4) is 0 Å². The van der Waals surface area contributed by atoms with Crippen LogP contribution in [0.5, 0.6) is 0 Å². The molecule has 0 aliphatic heterocycles. The lowest BCUT2D eigenvalue weighted by Crippen LogP contribution is -2.42. The van der Waals surface area contributed by atoms with Crippen LogP contribution in [0.3, 0.4) is 0 Å². The van der Waals surface area contributed by atoms with E-state index in [0.29, 0.717) is 5.56 Å². The van der Waals surface area contributed by atoms with Crippen molar-refractivity contribution in [3.63, 3.8) is 0 Å². The average molecular weight is 379 g/mol. The number of benzene rings is 2. The highest BCUT2D eigenvalue weighted by atomic mass is 79.9. The molecule has 0 bridgehead atoms. The monoisotopic (exact) mass is 378 g/mol. The smallest absolute Gasteiger partial charge is 0.269 e. The molecular weight excluding hydrogens is 364 g/mol. The molecule has 6 heteroatoms. The van der Waals surface area contributed by atoms with Crippen LogP contribution in [0.15, 0.2) is 57.9 Å². The Morgan fingerprint density at radius 2 is 1.73 bits per heavy atom. The van der Waals surface area contributed by atoms with Crippen molar-refractivity contribution in [1.29, 1.82) is 0 Å². The summed E-state index contributed by atoms with van der Waals surface area (Å²) in [5, 5.41) is 0. The minimum Gasteiger partial charge on any atom is -0.272 e. The first-order valence-electron chi connectivity index (χ1n) is 6.59. The molecule has 0 atom stereocenters. The van der Waals surface area contributed by atoms with Crippen LogP contribution < -0.4 is 10.9 Å². The Kier molecular flexibility index (Phi) is 6.03. The first-order valence-corrected chi connectivity index (χ1v) is 8.37. The number of halogens is 1. The molecule has 4 nitrogen and oxygen atoms in total. The van der Waals surface area contributed by atoms with E-state index < -0.39 is 0 Å². The molecule has 2 aromatic carbocycles. The zero-order valence-corrected chi connectivity index (χ0v) is 14.3. The van der Waals surface area contributed by atoms with Gasteiger partial charge in [0.05, 0.1) is 5.75 Å². The van der Waals surface area contributed by atoms with Crippen LogP contribution in [-0.4, -0.2) is 17.6 Å². The number of hydrogen-bond acceptors (Lipinski definition) is 3. The van der Waals surface area contributed by atoms with Crippen molar-refractivity contribution in [3.05, 3.63) is 64.1 Å². The van der Waals surface area contributed by atoms with Gasteiger partial charge in [-0.15, -0.1) is 11.8 Å². The molecule has 0 unspecified atom stereocenters. The maximum Gasteiger partial charge on any atom is 0.269 e. The van der Waals surface area contributed by atoms with Gasteiger partial charge in [0.2, 0.25) is 5.91 Å². The van der Waals surface area contributed by atoms with Crippen molar-refractivity contribution in [2.24, 2.45) is 0 Å². The second-order valence-electron chi connectivity index (χ2n) is 4.56. The number of thioether (sulfide) groups is 1. The van der Waals surface area contributed by atoms with Gasteiger partial charge in [-0.1, -0.05) is 34.1 Å². The summed E-state index contributed by atoms with van der Waals surface area (Å²) in [4.78, 5) is 24.7. The number of amides is 2. The molecule has 2 rings (SSSR count). The molecule has 2 aromatic rings. The van der Waals surface area contributed by atoms with E-state index in [9.17, 15) is 9.59 Å². The number of carbonyl (C=O) groups is 2. The number of nitrogens with one attached hydrogen (secondary N) is 2. The summed E-state index contributed by atoms with van der Waals surface area (Å²) in [5.41, 5.74) is 6.25. The Morgan fingerprint density at radius 3 is 2.41 bits per heavy atom. The highest BCUT2D eigenvalue weighted by molar-refractivity contribution is 9.10. The van der Waals surface area contributed by atoms with E-state index in [1.54, 1.807) is 12.1 Å². The Morgan fingerprint density at radius 1 is 1.05 bits per heavy atom. The summed E-state index contributed by atoms with van der Waals surface area (Å²) < 4.78 is 0.992. The minimum absolute atomic E-state index is 0.232. The highest BCUT2D eigenvalue weighted by Crippen LogP contribution is 2.20. The molecule has 2 amide bonds. The van der Waals surface area contributed by atoms with Crippen LogP contribution in [0, 0.1) is 6.92 Å². The van der Waals surface area contributed by atoms with E-state index in [2.05, 4.69) is 26.8 Å². The first-order chi connectivity index (χ1) is 10.6. The number of carbonyl (C=O) groups excluding carboxylic acids is 2. The van der Waals surface area contributed by atoms with Crippen LogP contribution >= 0.6 is 27.7 Å². The zero-order valence-electron chi connectivity index (χ0n) is 11.9. The normalized spacial score (nSPS) is 10.1. The minimum atomic E-state index is -0.319. The molecule has 0 aromatic heterocycles. The summed E-state index contributed by atoms with van der Waals surface area (Å²) in [6.45, 7) is 1.85. The maximum absolute atomic E-state index is 11.9. The molecule has 0 spiro atoms.